The minimum absolute atomic E-state index is 0.00893. The number of rotatable bonds is 5. The Morgan fingerprint density at radius 3 is 2.22 bits per heavy atom. The SMILES string of the molecule is CN(C)Cc1cc(N(C)C)c2c(c1O)C(=O)C1C(=O)[C@@]3(O)C(=O)C(C(N)=O)C(=O)[C@H](N(C)C)[C@H]3C[C@H]1C2. The van der Waals surface area contributed by atoms with E-state index < -0.39 is 64.4 Å². The number of hydrogen-bond donors (Lipinski definition) is 3. The zero-order valence-electron chi connectivity index (χ0n) is 21.9. The highest BCUT2D eigenvalue weighted by Crippen LogP contribution is 2.52. The van der Waals surface area contributed by atoms with E-state index in [0.29, 0.717) is 17.7 Å². The molecule has 3 aliphatic carbocycles. The second-order valence-corrected chi connectivity index (χ2v) is 11.2. The normalized spacial score (nSPS) is 31.3. The minimum atomic E-state index is -2.72. The maximum Gasteiger partial charge on any atom is 0.235 e. The maximum atomic E-state index is 13.9. The molecule has 0 heterocycles. The summed E-state index contributed by atoms with van der Waals surface area (Å²) in [5.74, 6) is -10.4. The van der Waals surface area contributed by atoms with Crippen LogP contribution in [0.25, 0.3) is 0 Å². The molecule has 2 fully saturated rings. The molecule has 0 spiro atoms. The summed E-state index contributed by atoms with van der Waals surface area (Å²) in [5.41, 5.74) is 4.44. The molecule has 2 unspecified atom stereocenters. The van der Waals surface area contributed by atoms with Crippen molar-refractivity contribution in [1.82, 2.24) is 9.80 Å². The number of carbonyl (C=O) groups excluding carboxylic acids is 5. The number of carbonyl (C=O) groups is 5. The first-order valence-electron chi connectivity index (χ1n) is 12.2. The number of anilines is 1. The number of amides is 1. The molecular formula is C26H34N4O7. The van der Waals surface area contributed by atoms with Crippen molar-refractivity contribution < 1.29 is 34.2 Å². The van der Waals surface area contributed by atoms with Crippen LogP contribution in [0.3, 0.4) is 0 Å². The molecule has 0 bridgehead atoms. The molecule has 200 valence electrons. The molecule has 11 nitrogen and oxygen atoms in total. The van der Waals surface area contributed by atoms with Crippen LogP contribution in [0.15, 0.2) is 6.07 Å². The van der Waals surface area contributed by atoms with E-state index in [2.05, 4.69) is 0 Å². The third kappa shape index (κ3) is 3.79. The molecular weight excluding hydrogens is 480 g/mol. The van der Waals surface area contributed by atoms with Crippen LogP contribution in [-0.4, -0.2) is 103 Å². The Balaban J connectivity index is 1.90. The summed E-state index contributed by atoms with van der Waals surface area (Å²) in [7, 11) is 10.4. The van der Waals surface area contributed by atoms with Crippen LogP contribution in [0, 0.1) is 23.7 Å². The lowest BCUT2D eigenvalue weighted by Gasteiger charge is -2.52. The van der Waals surface area contributed by atoms with Crippen LogP contribution in [0.4, 0.5) is 5.69 Å². The number of aromatic hydroxyl groups is 1. The molecule has 1 aromatic carbocycles. The highest BCUT2D eigenvalue weighted by Gasteiger charge is 2.69. The predicted octanol–water partition coefficient (Wildman–Crippen LogP) is -1.01. The first kappa shape index (κ1) is 26.9. The van der Waals surface area contributed by atoms with Crippen LogP contribution in [-0.2, 0) is 32.1 Å². The molecule has 0 saturated heterocycles. The Labute approximate surface area is 215 Å². The van der Waals surface area contributed by atoms with Crippen molar-refractivity contribution in [2.75, 3.05) is 47.2 Å². The first-order chi connectivity index (χ1) is 17.1. The minimum Gasteiger partial charge on any atom is -0.507 e. The lowest BCUT2D eigenvalue weighted by Crippen LogP contribution is -2.74. The van der Waals surface area contributed by atoms with Crippen molar-refractivity contribution >= 4 is 34.7 Å². The molecule has 2 saturated carbocycles. The van der Waals surface area contributed by atoms with E-state index in [0.717, 1.165) is 5.69 Å². The molecule has 6 atom stereocenters. The van der Waals surface area contributed by atoms with Gasteiger partial charge in [-0.1, -0.05) is 0 Å². The van der Waals surface area contributed by atoms with Gasteiger partial charge in [-0.15, -0.1) is 0 Å². The molecule has 4 N–H and O–H groups in total. The van der Waals surface area contributed by atoms with Crippen LogP contribution in [0.1, 0.15) is 27.9 Å². The summed E-state index contributed by atoms with van der Waals surface area (Å²) < 4.78 is 0. The van der Waals surface area contributed by atoms with Gasteiger partial charge >= 0.3 is 0 Å². The fraction of sp³-hybridized carbons (Fsp3) is 0.577. The Kier molecular flexibility index (Phi) is 6.54. The van der Waals surface area contributed by atoms with E-state index in [1.165, 1.54) is 4.90 Å². The number of phenolic OH excluding ortho intramolecular Hbond substituents is 1. The van der Waals surface area contributed by atoms with E-state index in [1.54, 1.807) is 14.1 Å². The van der Waals surface area contributed by atoms with Gasteiger partial charge in [0.2, 0.25) is 5.91 Å². The zero-order chi connectivity index (χ0) is 27.7. The fourth-order valence-corrected chi connectivity index (χ4v) is 6.57. The van der Waals surface area contributed by atoms with Gasteiger partial charge in [0.15, 0.2) is 34.7 Å². The molecule has 11 heteroatoms. The van der Waals surface area contributed by atoms with Crippen molar-refractivity contribution in [2.24, 2.45) is 29.4 Å². The van der Waals surface area contributed by atoms with Crippen molar-refractivity contribution in [3.8, 4) is 5.75 Å². The van der Waals surface area contributed by atoms with Crippen LogP contribution >= 0.6 is 0 Å². The van der Waals surface area contributed by atoms with Gasteiger partial charge in [0.05, 0.1) is 17.5 Å². The van der Waals surface area contributed by atoms with Crippen LogP contribution < -0.4 is 10.6 Å². The topological polar surface area (TPSA) is 162 Å². The second-order valence-electron chi connectivity index (χ2n) is 11.2. The second kappa shape index (κ2) is 9.00. The quantitative estimate of drug-likeness (QED) is 0.415. The fourth-order valence-electron chi connectivity index (χ4n) is 6.57. The molecule has 0 radical (unpaired) electrons. The molecule has 0 aromatic heterocycles. The molecule has 37 heavy (non-hydrogen) atoms. The van der Waals surface area contributed by atoms with Crippen molar-refractivity contribution in [3.63, 3.8) is 0 Å². The van der Waals surface area contributed by atoms with Crippen molar-refractivity contribution in [3.05, 3.63) is 22.8 Å². The van der Waals surface area contributed by atoms with E-state index >= 15 is 0 Å². The number of nitrogens with zero attached hydrogens (tertiary/aromatic N) is 3. The Hall–Kier alpha value is -3.15. The third-order valence-electron chi connectivity index (χ3n) is 8.09. The highest BCUT2D eigenvalue weighted by molar-refractivity contribution is 6.32. The van der Waals surface area contributed by atoms with E-state index in [1.807, 2.05) is 44.1 Å². The molecule has 4 rings (SSSR count). The summed E-state index contributed by atoms with van der Waals surface area (Å²) in [5, 5.41) is 22.8. The Morgan fingerprint density at radius 1 is 1.08 bits per heavy atom. The highest BCUT2D eigenvalue weighted by atomic mass is 16.3. The van der Waals surface area contributed by atoms with Gasteiger partial charge in [0.1, 0.15) is 5.75 Å². The van der Waals surface area contributed by atoms with Gasteiger partial charge in [-0.25, -0.2) is 0 Å². The van der Waals surface area contributed by atoms with Gasteiger partial charge in [-0.2, -0.15) is 0 Å². The van der Waals surface area contributed by atoms with E-state index in [9.17, 15) is 34.2 Å². The van der Waals surface area contributed by atoms with E-state index in [4.69, 9.17) is 5.73 Å². The van der Waals surface area contributed by atoms with Gasteiger partial charge in [0.25, 0.3) is 0 Å². The average Bonchev–Trinajstić information content (AvgIpc) is 2.77. The Morgan fingerprint density at radius 2 is 1.70 bits per heavy atom. The number of aliphatic hydroxyl groups is 1. The van der Waals surface area contributed by atoms with E-state index in [-0.39, 0.29) is 24.2 Å². The number of primary amides is 1. The standard InChI is InChI=1S/C26H34N4O7/c1-28(2)10-12-9-15(29(3)4)13-7-11-8-14-19(30(5)6)22(33)18(25(27)36)24(35)26(14,37)23(34)16(11)21(32)17(13)20(12)31/h9,11,14,16,18-19,31,37H,7-8,10H2,1-6H3,(H2,27,36)/t11-,14-,16?,18?,19-,26-/m1/s1. The lowest BCUT2D eigenvalue weighted by atomic mass is 9.52. The zero-order valence-corrected chi connectivity index (χ0v) is 21.9. The van der Waals surface area contributed by atoms with Gasteiger partial charge in [0, 0.05) is 37.8 Å². The van der Waals surface area contributed by atoms with Crippen LogP contribution in [0.5, 0.6) is 5.75 Å². The number of Topliss-reactive ketones (excluding diaryl/α,β-unsaturated/α-hetero) is 4. The number of benzene rings is 1. The van der Waals surface area contributed by atoms with Crippen molar-refractivity contribution in [2.45, 2.75) is 31.0 Å². The number of ketones is 4. The van der Waals surface area contributed by atoms with Gasteiger partial charge in [-0.3, -0.25) is 28.9 Å². The monoisotopic (exact) mass is 514 g/mol. The summed E-state index contributed by atoms with van der Waals surface area (Å²) >= 11 is 0. The molecule has 3 aliphatic rings. The molecule has 1 aromatic rings. The number of fused-ring (bicyclic) bond motifs is 3. The molecule has 0 aliphatic heterocycles. The summed E-state index contributed by atoms with van der Waals surface area (Å²) in [6.07, 6.45) is 0.256. The smallest absolute Gasteiger partial charge is 0.235 e. The van der Waals surface area contributed by atoms with Gasteiger partial charge in [-0.05, 0) is 58.6 Å². The molecule has 1 amide bonds. The predicted molar refractivity (Wildman–Crippen MR) is 133 cm³/mol. The largest absolute Gasteiger partial charge is 0.507 e. The Bertz CT molecular complexity index is 1220. The van der Waals surface area contributed by atoms with Gasteiger partial charge < -0.3 is 25.7 Å². The summed E-state index contributed by atoms with van der Waals surface area (Å²) in [4.78, 5) is 71.5. The number of likely N-dealkylation sites (N-methyl/N-ethyl adjacent to an activating group) is 1. The average molecular weight is 515 g/mol. The number of nitrogens with two attached hydrogens (primary N) is 1. The lowest BCUT2D eigenvalue weighted by molar-refractivity contribution is -0.181. The van der Waals surface area contributed by atoms with Crippen molar-refractivity contribution in [1.29, 1.82) is 0 Å². The number of phenols is 1. The summed E-state index contributed by atoms with van der Waals surface area (Å²) in [6, 6.07) is 0.696. The first-order valence-corrected chi connectivity index (χ1v) is 12.2. The third-order valence-corrected chi connectivity index (χ3v) is 8.09. The number of hydrogen-bond acceptors (Lipinski definition) is 10. The maximum absolute atomic E-state index is 13.9. The van der Waals surface area contributed by atoms with Crippen LogP contribution in [0.2, 0.25) is 0 Å². The summed E-state index contributed by atoms with van der Waals surface area (Å²) in [6.45, 7) is 0.340.